The molecule has 1 fully saturated rings. The molecule has 0 radical (unpaired) electrons. The van der Waals surface area contributed by atoms with Gasteiger partial charge in [0.1, 0.15) is 0 Å². The van der Waals surface area contributed by atoms with Crippen molar-refractivity contribution in [1.29, 1.82) is 0 Å². The Balaban J connectivity index is 0.00000242. The van der Waals surface area contributed by atoms with E-state index in [2.05, 4.69) is 5.32 Å². The van der Waals surface area contributed by atoms with Gasteiger partial charge in [0.05, 0.1) is 5.56 Å². The topological polar surface area (TPSA) is 55.1 Å². The van der Waals surface area contributed by atoms with Gasteiger partial charge in [0, 0.05) is 18.7 Å². The van der Waals surface area contributed by atoms with E-state index in [0.717, 1.165) is 31.4 Å². The second-order valence-electron chi connectivity index (χ2n) is 5.50. The van der Waals surface area contributed by atoms with Crippen LogP contribution in [0.5, 0.6) is 0 Å². The molecular formula is C15H20ClF3N2O. The number of hydrogen-bond donors (Lipinski definition) is 2. The summed E-state index contributed by atoms with van der Waals surface area (Å²) in [5, 5.41) is 2.54. The van der Waals surface area contributed by atoms with Crippen molar-refractivity contribution in [3.8, 4) is 0 Å². The molecule has 1 amide bonds. The Morgan fingerprint density at radius 1 is 1.27 bits per heavy atom. The average Bonchev–Trinajstić information content (AvgIpc) is 2.35. The SMILES string of the molecule is Cl.NCc1cc(NC(=O)CCC2CCC2)cc(C(F)(F)F)c1. The van der Waals surface area contributed by atoms with Crippen molar-refractivity contribution in [3.05, 3.63) is 29.3 Å². The minimum atomic E-state index is -4.45. The quantitative estimate of drug-likeness (QED) is 0.850. The average molecular weight is 337 g/mol. The summed E-state index contributed by atoms with van der Waals surface area (Å²) >= 11 is 0. The molecule has 7 heteroatoms. The number of halogens is 4. The van der Waals surface area contributed by atoms with E-state index >= 15 is 0 Å². The summed E-state index contributed by atoms with van der Waals surface area (Å²) in [6, 6.07) is 3.43. The van der Waals surface area contributed by atoms with Gasteiger partial charge in [-0.1, -0.05) is 19.3 Å². The molecule has 3 nitrogen and oxygen atoms in total. The number of nitrogens with one attached hydrogen (secondary N) is 1. The molecule has 0 aromatic heterocycles. The van der Waals surface area contributed by atoms with E-state index in [1.807, 2.05) is 0 Å². The summed E-state index contributed by atoms with van der Waals surface area (Å²) in [5.41, 5.74) is 5.12. The Morgan fingerprint density at radius 3 is 2.45 bits per heavy atom. The summed E-state index contributed by atoms with van der Waals surface area (Å²) in [5.74, 6) is 0.348. The maximum Gasteiger partial charge on any atom is 0.416 e. The van der Waals surface area contributed by atoms with Crippen molar-refractivity contribution in [2.24, 2.45) is 11.7 Å². The molecule has 124 valence electrons. The van der Waals surface area contributed by atoms with Crippen LogP contribution in [0.2, 0.25) is 0 Å². The van der Waals surface area contributed by atoms with Crippen LogP contribution in [0.3, 0.4) is 0 Å². The molecule has 0 bridgehead atoms. The third-order valence-electron chi connectivity index (χ3n) is 3.84. The van der Waals surface area contributed by atoms with Gasteiger partial charge in [0.2, 0.25) is 5.91 Å². The van der Waals surface area contributed by atoms with Crippen LogP contribution in [-0.2, 0) is 17.5 Å². The number of hydrogen-bond acceptors (Lipinski definition) is 2. The number of alkyl halides is 3. The van der Waals surface area contributed by atoms with Crippen molar-refractivity contribution in [2.45, 2.75) is 44.8 Å². The molecule has 1 aromatic rings. The number of nitrogens with two attached hydrogens (primary N) is 1. The highest BCUT2D eigenvalue weighted by Gasteiger charge is 2.31. The fourth-order valence-corrected chi connectivity index (χ4v) is 2.39. The van der Waals surface area contributed by atoms with Crippen molar-refractivity contribution in [2.75, 3.05) is 5.32 Å². The third kappa shape index (κ3) is 5.18. The standard InChI is InChI=1S/C15H19F3N2O.ClH/c16-15(17,18)12-6-11(9-19)7-13(8-12)20-14(21)5-4-10-2-1-3-10;/h6-8,10H,1-5,9,19H2,(H,20,21);1H. The molecule has 0 unspecified atom stereocenters. The van der Waals surface area contributed by atoms with Crippen LogP contribution in [0.15, 0.2) is 18.2 Å². The number of rotatable bonds is 5. The Morgan fingerprint density at radius 2 is 1.95 bits per heavy atom. The first-order valence-corrected chi connectivity index (χ1v) is 7.09. The van der Waals surface area contributed by atoms with Gasteiger partial charge in [-0.15, -0.1) is 12.4 Å². The zero-order valence-corrected chi connectivity index (χ0v) is 12.9. The van der Waals surface area contributed by atoms with E-state index in [9.17, 15) is 18.0 Å². The van der Waals surface area contributed by atoms with E-state index in [0.29, 0.717) is 17.9 Å². The molecule has 0 spiro atoms. The summed E-state index contributed by atoms with van der Waals surface area (Å²) in [4.78, 5) is 11.8. The zero-order chi connectivity index (χ0) is 15.5. The van der Waals surface area contributed by atoms with Gasteiger partial charge in [-0.2, -0.15) is 13.2 Å². The highest BCUT2D eigenvalue weighted by Crippen LogP contribution is 2.33. The summed E-state index contributed by atoms with van der Waals surface area (Å²) < 4.78 is 38.3. The van der Waals surface area contributed by atoms with E-state index in [-0.39, 0.29) is 30.5 Å². The first-order valence-electron chi connectivity index (χ1n) is 7.09. The molecule has 0 atom stereocenters. The predicted molar refractivity (Wildman–Crippen MR) is 81.8 cm³/mol. The molecule has 0 aliphatic heterocycles. The number of amides is 1. The third-order valence-corrected chi connectivity index (χ3v) is 3.84. The molecule has 3 N–H and O–H groups in total. The lowest BCUT2D eigenvalue weighted by Gasteiger charge is -2.24. The highest BCUT2D eigenvalue weighted by atomic mass is 35.5. The molecule has 1 aliphatic carbocycles. The first-order chi connectivity index (χ1) is 9.88. The second kappa shape index (κ2) is 7.83. The van der Waals surface area contributed by atoms with E-state index in [4.69, 9.17) is 5.73 Å². The fourth-order valence-electron chi connectivity index (χ4n) is 2.39. The van der Waals surface area contributed by atoms with Crippen LogP contribution in [0.1, 0.15) is 43.2 Å². The van der Waals surface area contributed by atoms with Gasteiger partial charge in [-0.3, -0.25) is 4.79 Å². The van der Waals surface area contributed by atoms with Crippen LogP contribution in [0.25, 0.3) is 0 Å². The van der Waals surface area contributed by atoms with E-state index in [1.165, 1.54) is 12.5 Å². The van der Waals surface area contributed by atoms with Crippen LogP contribution in [-0.4, -0.2) is 5.91 Å². The Kier molecular flexibility index (Phi) is 6.68. The van der Waals surface area contributed by atoms with E-state index in [1.54, 1.807) is 0 Å². The maximum absolute atomic E-state index is 12.8. The minimum absolute atomic E-state index is 0. The van der Waals surface area contributed by atoms with Crippen molar-refractivity contribution in [3.63, 3.8) is 0 Å². The molecule has 1 aliphatic rings. The van der Waals surface area contributed by atoms with Crippen LogP contribution < -0.4 is 11.1 Å². The summed E-state index contributed by atoms with van der Waals surface area (Å²) in [6.45, 7) is -0.00509. The van der Waals surface area contributed by atoms with Crippen LogP contribution in [0.4, 0.5) is 18.9 Å². The van der Waals surface area contributed by atoms with Gasteiger partial charge in [-0.25, -0.2) is 0 Å². The van der Waals surface area contributed by atoms with Gasteiger partial charge in [0.15, 0.2) is 0 Å². The minimum Gasteiger partial charge on any atom is -0.326 e. The second-order valence-corrected chi connectivity index (χ2v) is 5.50. The fraction of sp³-hybridized carbons (Fsp3) is 0.533. The molecule has 0 saturated heterocycles. The van der Waals surface area contributed by atoms with Crippen LogP contribution in [0, 0.1) is 5.92 Å². The largest absolute Gasteiger partial charge is 0.416 e. The van der Waals surface area contributed by atoms with Gasteiger partial charge >= 0.3 is 6.18 Å². The van der Waals surface area contributed by atoms with E-state index < -0.39 is 11.7 Å². The number of benzene rings is 1. The number of carbonyl (C=O) groups is 1. The van der Waals surface area contributed by atoms with Crippen molar-refractivity contribution in [1.82, 2.24) is 0 Å². The summed E-state index contributed by atoms with van der Waals surface area (Å²) in [6.07, 6.45) is 0.200. The first kappa shape index (κ1) is 18.8. The Labute approximate surface area is 133 Å². The highest BCUT2D eigenvalue weighted by molar-refractivity contribution is 5.90. The molecule has 1 saturated carbocycles. The lowest BCUT2D eigenvalue weighted by Crippen LogP contribution is -2.17. The Hall–Kier alpha value is -1.27. The monoisotopic (exact) mass is 336 g/mol. The predicted octanol–water partition coefficient (Wildman–Crippen LogP) is 4.10. The number of anilines is 1. The molecule has 1 aromatic carbocycles. The molecule has 22 heavy (non-hydrogen) atoms. The molecule has 2 rings (SSSR count). The summed E-state index contributed by atoms with van der Waals surface area (Å²) in [7, 11) is 0. The lowest BCUT2D eigenvalue weighted by atomic mass is 9.82. The van der Waals surface area contributed by atoms with Gasteiger partial charge < -0.3 is 11.1 Å². The van der Waals surface area contributed by atoms with Crippen LogP contribution >= 0.6 is 12.4 Å². The lowest BCUT2D eigenvalue weighted by molar-refractivity contribution is -0.137. The molecular weight excluding hydrogens is 317 g/mol. The zero-order valence-electron chi connectivity index (χ0n) is 12.1. The normalized spacial score (nSPS) is 14.9. The molecule has 0 heterocycles. The van der Waals surface area contributed by atoms with Gasteiger partial charge in [0.25, 0.3) is 0 Å². The number of carbonyl (C=O) groups excluding carboxylic acids is 1. The van der Waals surface area contributed by atoms with Crippen molar-refractivity contribution >= 4 is 24.0 Å². The smallest absolute Gasteiger partial charge is 0.326 e. The Bertz CT molecular complexity index is 516. The maximum atomic E-state index is 12.8. The van der Waals surface area contributed by atoms with Gasteiger partial charge in [-0.05, 0) is 36.1 Å². The van der Waals surface area contributed by atoms with Crippen molar-refractivity contribution < 1.29 is 18.0 Å².